The van der Waals surface area contributed by atoms with Crippen LogP contribution in [0.4, 0.5) is 11.4 Å². The topological polar surface area (TPSA) is 147 Å². The Kier molecular flexibility index (Phi) is 4.78. The van der Waals surface area contributed by atoms with Crippen LogP contribution in [0.3, 0.4) is 0 Å². The van der Waals surface area contributed by atoms with Crippen molar-refractivity contribution >= 4 is 60.5 Å². The smallest absolute Gasteiger partial charge is 0.232 e. The maximum atomic E-state index is 13.8. The predicted molar refractivity (Wildman–Crippen MR) is 141 cm³/mol. The van der Waals surface area contributed by atoms with Crippen molar-refractivity contribution in [2.45, 2.75) is 13.3 Å². The predicted octanol–water partition coefficient (Wildman–Crippen LogP) is 4.19. The van der Waals surface area contributed by atoms with Crippen molar-refractivity contribution in [3.05, 3.63) is 49.3 Å². The molecule has 0 bridgehead atoms. The van der Waals surface area contributed by atoms with E-state index < -0.39 is 10.9 Å². The summed E-state index contributed by atoms with van der Waals surface area (Å²) in [7, 11) is 4.28. The molecule has 37 heavy (non-hydrogen) atoms. The van der Waals surface area contributed by atoms with Gasteiger partial charge in [-0.05, 0) is 18.7 Å². The minimum Gasteiger partial charge on any atom is -0.507 e. The van der Waals surface area contributed by atoms with Crippen LogP contribution in [0, 0.1) is 0 Å². The van der Waals surface area contributed by atoms with Crippen molar-refractivity contribution in [2.75, 3.05) is 32.3 Å². The fourth-order valence-electron chi connectivity index (χ4n) is 5.95. The van der Waals surface area contributed by atoms with Crippen LogP contribution >= 0.6 is 0 Å². The highest BCUT2D eigenvalue weighted by molar-refractivity contribution is 6.39. The molecule has 188 valence electrons. The zero-order valence-electron chi connectivity index (χ0n) is 20.3. The molecule has 0 unspecified atom stereocenters. The van der Waals surface area contributed by atoms with E-state index in [9.17, 15) is 25.1 Å². The van der Waals surface area contributed by atoms with E-state index in [0.29, 0.717) is 55.6 Å². The van der Waals surface area contributed by atoms with Crippen LogP contribution in [-0.4, -0.2) is 36.9 Å². The summed E-state index contributed by atoms with van der Waals surface area (Å²) >= 11 is 0. The second-order valence-corrected chi connectivity index (χ2v) is 9.07. The number of fused-ring (bicyclic) bond motifs is 1. The van der Waals surface area contributed by atoms with E-state index in [1.807, 2.05) is 12.4 Å². The molecule has 5 aromatic carbocycles. The molecular formula is C27H22N2O8. The Morgan fingerprint density at radius 2 is 1.41 bits per heavy atom. The van der Waals surface area contributed by atoms with E-state index in [1.165, 1.54) is 33.5 Å². The Bertz CT molecular complexity index is 1950. The van der Waals surface area contributed by atoms with Gasteiger partial charge < -0.3 is 19.3 Å². The van der Waals surface area contributed by atoms with Gasteiger partial charge in [-0.25, -0.2) is 0 Å². The van der Waals surface area contributed by atoms with Crippen LogP contribution in [0.1, 0.15) is 18.1 Å². The molecular weight excluding hydrogens is 480 g/mol. The second-order valence-electron chi connectivity index (χ2n) is 9.07. The summed E-state index contributed by atoms with van der Waals surface area (Å²) in [5.74, 6) is 0.338. The number of anilines is 2. The van der Waals surface area contributed by atoms with Crippen LogP contribution in [0.15, 0.2) is 27.3 Å². The monoisotopic (exact) mass is 502 g/mol. The van der Waals surface area contributed by atoms with Crippen molar-refractivity contribution in [2.24, 2.45) is 0 Å². The van der Waals surface area contributed by atoms with Crippen LogP contribution in [-0.2, 0) is 6.42 Å². The Hall–Kier alpha value is -4.54. The molecule has 0 spiro atoms. The summed E-state index contributed by atoms with van der Waals surface area (Å²) in [5, 5.41) is 34.1. The zero-order chi connectivity index (χ0) is 26.3. The molecule has 0 radical (unpaired) electrons. The van der Waals surface area contributed by atoms with E-state index in [-0.39, 0.29) is 39.4 Å². The molecule has 0 aromatic heterocycles. The SMILES string of the molecule is COc1c2c3c4c(c(NO)c(=O)c5c(NO)cc(OC)c(c6c(OC)cc(O)c(c1=O)c63)c54)C=C(C)C2. The van der Waals surface area contributed by atoms with Gasteiger partial charge in [0.1, 0.15) is 22.9 Å². The van der Waals surface area contributed by atoms with Gasteiger partial charge >= 0.3 is 0 Å². The Morgan fingerprint density at radius 3 is 2.00 bits per heavy atom. The molecule has 0 heterocycles. The number of rotatable bonds is 5. The normalized spacial score (nSPS) is 13.0. The first-order valence-electron chi connectivity index (χ1n) is 11.4. The zero-order valence-corrected chi connectivity index (χ0v) is 20.3. The highest BCUT2D eigenvalue weighted by Crippen LogP contribution is 2.54. The highest BCUT2D eigenvalue weighted by atomic mass is 16.5. The minimum absolute atomic E-state index is 0.0341. The molecule has 5 aromatic rings. The first-order chi connectivity index (χ1) is 17.8. The maximum absolute atomic E-state index is 13.8. The van der Waals surface area contributed by atoms with Gasteiger partial charge in [-0.3, -0.25) is 31.0 Å². The Balaban J connectivity index is 2.19. The summed E-state index contributed by atoms with van der Waals surface area (Å²) in [4.78, 5) is 27.5. The van der Waals surface area contributed by atoms with Gasteiger partial charge in [0.2, 0.25) is 10.9 Å². The molecule has 10 nitrogen and oxygen atoms in total. The first kappa shape index (κ1) is 22.9. The maximum Gasteiger partial charge on any atom is 0.232 e. The summed E-state index contributed by atoms with van der Waals surface area (Å²) < 4.78 is 17.0. The van der Waals surface area contributed by atoms with Crippen molar-refractivity contribution in [1.29, 1.82) is 0 Å². The standard InChI is InChI=1S/C27H22N2O8/c1-9-5-10-16-17-11(6-9)27(37-4)26(32)19-13(30)8-15(36-3)21(23(17)19)20-14(35-2)7-12(28-33)18(22(16)20)25(31)24(10)29-34/h5,7-8,28-30,33-34H,6H2,1-4H3. The number of methoxy groups -OCH3 is 3. The number of phenolic OH excluding ortho intramolecular Hbond substituents is 1. The van der Waals surface area contributed by atoms with Crippen molar-refractivity contribution in [3.63, 3.8) is 0 Å². The molecule has 0 saturated heterocycles. The molecule has 1 aliphatic carbocycles. The molecule has 0 atom stereocenters. The number of benzene rings is 5. The number of ether oxygens (including phenoxy) is 3. The lowest BCUT2D eigenvalue weighted by Gasteiger charge is -2.23. The fourth-order valence-corrected chi connectivity index (χ4v) is 5.95. The lowest BCUT2D eigenvalue weighted by molar-refractivity contribution is 0.386. The summed E-state index contributed by atoms with van der Waals surface area (Å²) in [6, 6.07) is 2.80. The largest absolute Gasteiger partial charge is 0.507 e. The van der Waals surface area contributed by atoms with E-state index in [1.54, 1.807) is 6.08 Å². The molecule has 6 rings (SSSR count). The average molecular weight is 502 g/mol. The number of allylic oxidation sites excluding steroid dienone is 1. The highest BCUT2D eigenvalue weighted by Gasteiger charge is 2.32. The van der Waals surface area contributed by atoms with Crippen LogP contribution < -0.4 is 36.0 Å². The van der Waals surface area contributed by atoms with E-state index in [4.69, 9.17) is 14.2 Å². The van der Waals surface area contributed by atoms with Gasteiger partial charge in [-0.15, -0.1) is 0 Å². The number of phenols is 1. The van der Waals surface area contributed by atoms with Crippen molar-refractivity contribution in [3.8, 4) is 23.0 Å². The molecule has 1 aliphatic rings. The molecule has 10 heteroatoms. The van der Waals surface area contributed by atoms with E-state index >= 15 is 0 Å². The number of aromatic hydroxyl groups is 1. The molecule has 0 amide bonds. The lowest BCUT2D eigenvalue weighted by atomic mass is 9.83. The Labute approximate surface area is 208 Å². The lowest BCUT2D eigenvalue weighted by Crippen LogP contribution is -2.15. The third-order valence-corrected chi connectivity index (χ3v) is 7.29. The number of hydrogen-bond donors (Lipinski definition) is 5. The van der Waals surface area contributed by atoms with Gasteiger partial charge in [0.05, 0.1) is 37.8 Å². The third kappa shape index (κ3) is 2.65. The van der Waals surface area contributed by atoms with Gasteiger partial charge in [0.25, 0.3) is 0 Å². The number of hydrogen-bond acceptors (Lipinski definition) is 10. The van der Waals surface area contributed by atoms with Gasteiger partial charge in [0, 0.05) is 50.2 Å². The van der Waals surface area contributed by atoms with Crippen molar-refractivity contribution in [1.82, 2.24) is 0 Å². The van der Waals surface area contributed by atoms with E-state index in [2.05, 4.69) is 5.48 Å². The quantitative estimate of drug-likeness (QED) is 0.135. The average Bonchev–Trinajstić information content (AvgIpc) is 3.04. The molecule has 0 fully saturated rings. The second kappa shape index (κ2) is 7.73. The number of nitrogens with one attached hydrogen (secondary N) is 2. The summed E-state index contributed by atoms with van der Waals surface area (Å²) in [6.45, 7) is 1.85. The van der Waals surface area contributed by atoms with Crippen LogP contribution in [0.25, 0.3) is 49.2 Å². The molecule has 5 N–H and O–H groups in total. The summed E-state index contributed by atoms with van der Waals surface area (Å²) in [5.41, 5.74) is 4.81. The summed E-state index contributed by atoms with van der Waals surface area (Å²) in [6.07, 6.45) is 2.07. The van der Waals surface area contributed by atoms with E-state index in [0.717, 1.165) is 5.57 Å². The first-order valence-corrected chi connectivity index (χ1v) is 11.4. The third-order valence-electron chi connectivity index (χ3n) is 7.29. The van der Waals surface area contributed by atoms with Gasteiger partial charge in [-0.2, -0.15) is 0 Å². The van der Waals surface area contributed by atoms with Gasteiger partial charge in [-0.1, -0.05) is 11.6 Å². The molecule has 0 saturated carbocycles. The van der Waals surface area contributed by atoms with Crippen molar-refractivity contribution < 1.29 is 29.7 Å². The fraction of sp³-hybridized carbons (Fsp3) is 0.185. The molecule has 0 aliphatic heterocycles. The van der Waals surface area contributed by atoms with Crippen LogP contribution in [0.5, 0.6) is 23.0 Å². The Morgan fingerprint density at radius 1 is 0.757 bits per heavy atom. The van der Waals surface area contributed by atoms with Crippen LogP contribution in [0.2, 0.25) is 0 Å². The minimum atomic E-state index is -0.561. The van der Waals surface area contributed by atoms with Gasteiger partial charge in [0.15, 0.2) is 5.75 Å².